The fourth-order valence-electron chi connectivity index (χ4n) is 4.02. The van der Waals surface area contributed by atoms with Crippen LogP contribution in [0.15, 0.2) is 12.2 Å². The maximum atomic E-state index is 12.3. The molecule has 12 nitrogen and oxygen atoms in total. The number of carboxylic acids is 1. The molecule has 0 rings (SSSR count). The molecule has 0 aliphatic carbocycles. The summed E-state index contributed by atoms with van der Waals surface area (Å²) in [4.78, 5) is 58.9. The van der Waals surface area contributed by atoms with Gasteiger partial charge in [-0.1, -0.05) is 84.0 Å². The molecule has 0 bridgehead atoms. The highest BCUT2D eigenvalue weighted by atomic mass is 31.2. The Morgan fingerprint density at radius 2 is 1.30 bits per heavy atom. The van der Waals surface area contributed by atoms with Crippen LogP contribution in [0, 0.1) is 0 Å². The molecule has 0 spiro atoms. The zero-order valence-electron chi connectivity index (χ0n) is 27.3. The van der Waals surface area contributed by atoms with E-state index in [1.165, 1.54) is 57.8 Å². The molecule has 0 radical (unpaired) electrons. The maximum Gasteiger partial charge on any atom is 0.328 e. The van der Waals surface area contributed by atoms with Crippen LogP contribution < -0.4 is 4.89 Å². The van der Waals surface area contributed by atoms with Gasteiger partial charge in [-0.3, -0.25) is 18.9 Å². The molecule has 44 heavy (non-hydrogen) atoms. The van der Waals surface area contributed by atoms with Gasteiger partial charge in [-0.15, -0.1) is 0 Å². The van der Waals surface area contributed by atoms with Gasteiger partial charge in [-0.05, 0) is 12.5 Å². The van der Waals surface area contributed by atoms with Gasteiger partial charge in [0.05, 0.1) is 34.2 Å². The summed E-state index contributed by atoms with van der Waals surface area (Å²) in [6.45, 7) is 1.43. The Hall–Kier alpha value is -2.11. The number of likely N-dealkylation sites (N-methyl/N-ethyl adjacent to an activating group) is 1. The lowest BCUT2D eigenvalue weighted by Gasteiger charge is -2.28. The first-order valence-corrected chi connectivity index (χ1v) is 17.4. The van der Waals surface area contributed by atoms with Crippen LogP contribution in [0.4, 0.5) is 0 Å². The third-order valence-corrected chi connectivity index (χ3v) is 7.59. The van der Waals surface area contributed by atoms with Crippen molar-refractivity contribution in [3.8, 4) is 0 Å². The van der Waals surface area contributed by atoms with E-state index in [9.17, 15) is 28.6 Å². The lowest BCUT2D eigenvalue weighted by molar-refractivity contribution is -0.870. The quantitative estimate of drug-likeness (QED) is 0.0376. The lowest BCUT2D eigenvalue weighted by atomic mass is 10.0. The number of aliphatic carboxylic acids is 1. The summed E-state index contributed by atoms with van der Waals surface area (Å²) in [5, 5.41) is 8.59. The molecule has 13 heteroatoms. The molecule has 0 amide bonds. The van der Waals surface area contributed by atoms with Crippen molar-refractivity contribution in [1.29, 1.82) is 0 Å². The molecule has 0 aromatic heterocycles. The molecule has 256 valence electrons. The summed E-state index contributed by atoms with van der Waals surface area (Å²) in [6, 6.07) is 0. The highest BCUT2D eigenvalue weighted by molar-refractivity contribution is 7.45. The normalized spacial score (nSPS) is 13.8. The second-order valence-electron chi connectivity index (χ2n) is 12.0. The van der Waals surface area contributed by atoms with E-state index in [1.807, 2.05) is 21.1 Å². The summed E-state index contributed by atoms with van der Waals surface area (Å²) < 4.78 is 32.8. The molecule has 0 fully saturated rings. The van der Waals surface area contributed by atoms with Crippen molar-refractivity contribution in [3.05, 3.63) is 12.2 Å². The monoisotopic (exact) mass is 649 g/mol. The summed E-state index contributed by atoms with van der Waals surface area (Å²) in [5.74, 6) is -3.27. The average Bonchev–Trinajstić information content (AvgIpc) is 2.93. The van der Waals surface area contributed by atoms with Crippen molar-refractivity contribution in [2.24, 2.45) is 0 Å². The Kier molecular flexibility index (Phi) is 23.9. The lowest BCUT2D eigenvalue weighted by Crippen LogP contribution is -2.37. The Morgan fingerprint density at radius 3 is 1.82 bits per heavy atom. The van der Waals surface area contributed by atoms with Crippen LogP contribution in [0.1, 0.15) is 110 Å². The largest absolute Gasteiger partial charge is 0.756 e. The highest BCUT2D eigenvalue weighted by Crippen LogP contribution is 2.38. The number of phosphoric ester groups is 1. The number of allylic oxidation sites excluding steroid dienone is 1. The average molecular weight is 650 g/mol. The fourth-order valence-corrected chi connectivity index (χ4v) is 4.75. The van der Waals surface area contributed by atoms with Gasteiger partial charge >= 0.3 is 17.9 Å². The number of rotatable bonds is 29. The van der Waals surface area contributed by atoms with Crippen LogP contribution in [-0.4, -0.2) is 86.9 Å². The molecule has 0 aliphatic heterocycles. The SMILES string of the molecule is CCCCCCCCCCCCCCCC(=O)OCC(COP(=O)([O-])OCC[N+](C)(C)C)OC(=O)CCC(=O)/C=C/C(=O)O. The van der Waals surface area contributed by atoms with Crippen molar-refractivity contribution in [1.82, 2.24) is 0 Å². The number of ether oxygens (including phenoxy) is 2. The van der Waals surface area contributed by atoms with E-state index in [2.05, 4.69) is 6.92 Å². The molecule has 0 aromatic carbocycles. The summed E-state index contributed by atoms with van der Waals surface area (Å²) in [7, 11) is 0.868. The second-order valence-corrected chi connectivity index (χ2v) is 13.4. The minimum atomic E-state index is -4.73. The molecule has 0 aromatic rings. The van der Waals surface area contributed by atoms with Gasteiger partial charge < -0.3 is 33.0 Å². The molecule has 0 aliphatic rings. The van der Waals surface area contributed by atoms with Crippen molar-refractivity contribution in [2.75, 3.05) is 47.5 Å². The number of ketones is 1. The van der Waals surface area contributed by atoms with Crippen LogP contribution >= 0.6 is 7.82 Å². The molecule has 1 N–H and O–H groups in total. The Labute approximate surface area is 263 Å². The van der Waals surface area contributed by atoms with Crippen molar-refractivity contribution in [3.63, 3.8) is 0 Å². The number of carbonyl (C=O) groups excluding carboxylic acids is 3. The van der Waals surface area contributed by atoms with Crippen molar-refractivity contribution in [2.45, 2.75) is 116 Å². The number of hydrogen-bond acceptors (Lipinski definition) is 10. The molecular weight excluding hydrogens is 593 g/mol. The second kappa shape index (κ2) is 25.1. The molecule has 2 atom stereocenters. The number of esters is 2. The zero-order chi connectivity index (χ0) is 33.3. The van der Waals surface area contributed by atoms with Gasteiger partial charge in [0, 0.05) is 18.9 Å². The number of unbranched alkanes of at least 4 members (excludes halogenated alkanes) is 12. The van der Waals surface area contributed by atoms with E-state index in [0.29, 0.717) is 23.5 Å². The number of carbonyl (C=O) groups is 4. The topological polar surface area (TPSA) is 166 Å². The summed E-state index contributed by atoms with van der Waals surface area (Å²) >= 11 is 0. The number of quaternary nitrogens is 1. The van der Waals surface area contributed by atoms with E-state index in [1.54, 1.807) is 0 Å². The predicted molar refractivity (Wildman–Crippen MR) is 165 cm³/mol. The van der Waals surface area contributed by atoms with Crippen LogP contribution in [0.3, 0.4) is 0 Å². The van der Waals surface area contributed by atoms with Crippen molar-refractivity contribution < 1.29 is 56.7 Å². The van der Waals surface area contributed by atoms with Gasteiger partial charge in [-0.2, -0.15) is 0 Å². The maximum absolute atomic E-state index is 12.3. The Morgan fingerprint density at radius 1 is 0.750 bits per heavy atom. The minimum absolute atomic E-state index is 0.116. The van der Waals surface area contributed by atoms with E-state index in [4.69, 9.17) is 23.6 Å². The first-order chi connectivity index (χ1) is 20.7. The highest BCUT2D eigenvalue weighted by Gasteiger charge is 2.22. The number of carboxylic acid groups (broad SMARTS) is 1. The third-order valence-electron chi connectivity index (χ3n) is 6.63. The smallest absolute Gasteiger partial charge is 0.328 e. The third kappa shape index (κ3) is 28.6. The van der Waals surface area contributed by atoms with Crippen LogP contribution in [0.5, 0.6) is 0 Å². The van der Waals surface area contributed by atoms with Gasteiger partial charge in [0.1, 0.15) is 19.8 Å². The summed E-state index contributed by atoms with van der Waals surface area (Å²) in [5.41, 5.74) is 0. The zero-order valence-corrected chi connectivity index (χ0v) is 28.2. The van der Waals surface area contributed by atoms with Crippen molar-refractivity contribution >= 4 is 31.5 Å². The van der Waals surface area contributed by atoms with Gasteiger partial charge in [0.2, 0.25) is 0 Å². The van der Waals surface area contributed by atoms with E-state index in [0.717, 1.165) is 25.3 Å². The molecule has 0 heterocycles. The molecular formula is C31H56NO11P. The predicted octanol–water partition coefficient (Wildman–Crippen LogP) is 5.12. The van der Waals surface area contributed by atoms with Crippen LogP contribution in [-0.2, 0) is 42.3 Å². The number of phosphoric acid groups is 1. The first kappa shape index (κ1) is 41.9. The van der Waals surface area contributed by atoms with Crippen LogP contribution in [0.25, 0.3) is 0 Å². The molecule has 0 saturated carbocycles. The van der Waals surface area contributed by atoms with Crippen LogP contribution in [0.2, 0.25) is 0 Å². The molecule has 0 saturated heterocycles. The van der Waals surface area contributed by atoms with E-state index >= 15 is 0 Å². The molecule has 2 unspecified atom stereocenters. The fraction of sp³-hybridized carbons (Fsp3) is 0.806. The van der Waals surface area contributed by atoms with Gasteiger partial charge in [-0.25, -0.2) is 4.79 Å². The number of nitrogens with zero attached hydrogens (tertiary/aromatic N) is 1. The number of hydrogen-bond donors (Lipinski definition) is 1. The minimum Gasteiger partial charge on any atom is -0.756 e. The Balaban J connectivity index is 4.53. The Bertz CT molecular complexity index is 902. The first-order valence-electron chi connectivity index (χ1n) is 15.9. The summed E-state index contributed by atoms with van der Waals surface area (Å²) in [6.07, 6.45) is 15.0. The standard InChI is InChI=1S/C31H56NO11P/c1-5-6-7-8-9-10-11-12-13-14-15-16-17-18-30(36)40-25-28(26-42-44(38,39)41-24-23-32(2,3)4)43-31(37)22-20-27(33)19-21-29(34)35/h19,21,28H,5-18,20,22-26H2,1-4H3,(H-,34,35,38,39)/b21-19+. The van der Waals surface area contributed by atoms with E-state index < -0.39 is 50.8 Å². The van der Waals surface area contributed by atoms with Gasteiger partial charge in [0.25, 0.3) is 7.82 Å². The van der Waals surface area contributed by atoms with E-state index in [-0.39, 0.29) is 25.9 Å². The van der Waals surface area contributed by atoms with Gasteiger partial charge in [0.15, 0.2) is 11.9 Å².